The standard InChI is InChI=1S/C11H14BrCl2NO2S/c1-11(2,6-13)7-15-18(16,17)8-3-4-10(14)9(12)5-8/h3-5,15H,6-7H2,1-2H3. The molecule has 0 unspecified atom stereocenters. The van der Waals surface area contributed by atoms with E-state index >= 15 is 0 Å². The van der Waals surface area contributed by atoms with Gasteiger partial charge >= 0.3 is 0 Å². The lowest BCUT2D eigenvalue weighted by atomic mass is 9.97. The largest absolute Gasteiger partial charge is 0.240 e. The zero-order valence-corrected chi connectivity index (χ0v) is 13.9. The average Bonchev–Trinajstić information content (AvgIpc) is 2.30. The van der Waals surface area contributed by atoms with E-state index < -0.39 is 10.0 Å². The Labute approximate surface area is 126 Å². The molecule has 0 bridgehead atoms. The maximum absolute atomic E-state index is 12.0. The first kappa shape index (κ1) is 16.2. The van der Waals surface area contributed by atoms with Gasteiger partial charge in [0, 0.05) is 16.9 Å². The fourth-order valence-electron chi connectivity index (χ4n) is 1.06. The van der Waals surface area contributed by atoms with Gasteiger partial charge < -0.3 is 0 Å². The number of hydrogen-bond donors (Lipinski definition) is 1. The molecule has 0 aliphatic carbocycles. The Morgan fingerprint density at radius 2 is 2.00 bits per heavy atom. The smallest absolute Gasteiger partial charge is 0.211 e. The molecule has 0 aromatic heterocycles. The summed E-state index contributed by atoms with van der Waals surface area (Å²) >= 11 is 14.8. The minimum Gasteiger partial charge on any atom is -0.211 e. The van der Waals surface area contributed by atoms with Crippen LogP contribution in [-0.2, 0) is 10.0 Å². The molecule has 1 aromatic carbocycles. The van der Waals surface area contributed by atoms with Crippen LogP contribution in [0.4, 0.5) is 0 Å². The Bertz CT molecular complexity index is 532. The molecule has 0 amide bonds. The zero-order chi connectivity index (χ0) is 14.0. The summed E-state index contributed by atoms with van der Waals surface area (Å²) in [6.45, 7) is 4.06. The van der Waals surface area contributed by atoms with Gasteiger partial charge in [-0.1, -0.05) is 25.4 Å². The summed E-state index contributed by atoms with van der Waals surface area (Å²) in [5.41, 5.74) is -0.293. The third-order valence-electron chi connectivity index (χ3n) is 2.30. The number of hydrogen-bond acceptors (Lipinski definition) is 2. The van der Waals surface area contributed by atoms with Crippen LogP contribution in [0, 0.1) is 5.41 Å². The summed E-state index contributed by atoms with van der Waals surface area (Å²) in [6.07, 6.45) is 0. The van der Waals surface area contributed by atoms with Gasteiger partial charge in [0.15, 0.2) is 0 Å². The molecule has 0 saturated heterocycles. The molecule has 1 aromatic rings. The van der Waals surface area contributed by atoms with Gasteiger partial charge in [0.05, 0.1) is 9.92 Å². The molecule has 0 heterocycles. The van der Waals surface area contributed by atoms with E-state index in [1.54, 1.807) is 0 Å². The van der Waals surface area contributed by atoms with E-state index in [1.165, 1.54) is 18.2 Å². The number of benzene rings is 1. The summed E-state index contributed by atoms with van der Waals surface area (Å²) in [5.74, 6) is 0.375. The van der Waals surface area contributed by atoms with Crippen molar-refractivity contribution < 1.29 is 8.42 Å². The van der Waals surface area contributed by atoms with E-state index in [-0.39, 0.29) is 16.9 Å². The van der Waals surface area contributed by atoms with Crippen LogP contribution in [0.2, 0.25) is 5.02 Å². The second-order valence-electron chi connectivity index (χ2n) is 4.70. The molecule has 0 saturated carbocycles. The van der Waals surface area contributed by atoms with E-state index in [4.69, 9.17) is 23.2 Å². The molecular formula is C11H14BrCl2NO2S. The molecule has 0 atom stereocenters. The van der Waals surface area contributed by atoms with E-state index in [9.17, 15) is 8.42 Å². The molecule has 0 spiro atoms. The molecule has 102 valence electrons. The Morgan fingerprint density at radius 3 is 2.50 bits per heavy atom. The van der Waals surface area contributed by atoms with Gasteiger partial charge in [-0.15, -0.1) is 11.6 Å². The lowest BCUT2D eigenvalue weighted by molar-refractivity contribution is 0.414. The highest BCUT2D eigenvalue weighted by Crippen LogP contribution is 2.25. The van der Waals surface area contributed by atoms with Gasteiger partial charge in [-0.2, -0.15) is 0 Å². The minimum absolute atomic E-state index is 0.171. The summed E-state index contributed by atoms with van der Waals surface area (Å²) in [5, 5.41) is 0.468. The van der Waals surface area contributed by atoms with Crippen LogP contribution in [0.25, 0.3) is 0 Å². The van der Waals surface area contributed by atoms with Crippen molar-refractivity contribution in [2.75, 3.05) is 12.4 Å². The lowest BCUT2D eigenvalue weighted by Gasteiger charge is -2.21. The summed E-state index contributed by atoms with van der Waals surface area (Å²) in [7, 11) is -3.54. The van der Waals surface area contributed by atoms with Crippen LogP contribution in [0.5, 0.6) is 0 Å². The van der Waals surface area contributed by atoms with E-state index in [0.717, 1.165) is 0 Å². The SMILES string of the molecule is CC(C)(CCl)CNS(=O)(=O)c1ccc(Cl)c(Br)c1. The van der Waals surface area contributed by atoms with E-state index in [2.05, 4.69) is 20.7 Å². The maximum atomic E-state index is 12.0. The molecule has 7 heteroatoms. The predicted molar refractivity (Wildman–Crippen MR) is 78.8 cm³/mol. The topological polar surface area (TPSA) is 46.2 Å². The van der Waals surface area contributed by atoms with Gasteiger partial charge in [0.25, 0.3) is 0 Å². The van der Waals surface area contributed by atoms with Gasteiger partial charge in [-0.05, 0) is 39.5 Å². The summed E-state index contributed by atoms with van der Waals surface area (Å²) < 4.78 is 27.2. The minimum atomic E-state index is -3.54. The molecule has 3 nitrogen and oxygen atoms in total. The first-order valence-electron chi connectivity index (χ1n) is 5.19. The predicted octanol–water partition coefficient (Wildman–Crippen LogP) is 3.65. The zero-order valence-electron chi connectivity index (χ0n) is 10.0. The molecule has 1 N–H and O–H groups in total. The monoisotopic (exact) mass is 373 g/mol. The number of sulfonamides is 1. The highest BCUT2D eigenvalue weighted by molar-refractivity contribution is 9.10. The number of nitrogens with one attached hydrogen (secondary N) is 1. The second-order valence-corrected chi connectivity index (χ2v) is 7.99. The lowest BCUT2D eigenvalue weighted by Crippen LogP contribution is -2.35. The van der Waals surface area contributed by atoms with Crippen molar-refractivity contribution in [1.82, 2.24) is 4.72 Å². The van der Waals surface area contributed by atoms with Crippen LogP contribution < -0.4 is 4.72 Å². The highest BCUT2D eigenvalue weighted by atomic mass is 79.9. The van der Waals surface area contributed by atoms with Gasteiger partial charge in [0.1, 0.15) is 0 Å². The Balaban J connectivity index is 2.90. The van der Waals surface area contributed by atoms with Crippen molar-refractivity contribution in [3.05, 3.63) is 27.7 Å². The first-order chi connectivity index (χ1) is 8.18. The van der Waals surface area contributed by atoms with Crippen LogP contribution in [0.3, 0.4) is 0 Å². The first-order valence-corrected chi connectivity index (χ1v) is 8.37. The number of alkyl halides is 1. The van der Waals surface area contributed by atoms with Crippen LogP contribution in [0.1, 0.15) is 13.8 Å². The second kappa shape index (κ2) is 6.09. The fourth-order valence-corrected chi connectivity index (χ4v) is 3.07. The van der Waals surface area contributed by atoms with Crippen molar-refractivity contribution >= 4 is 49.2 Å². The molecule has 0 fully saturated rings. The van der Waals surface area contributed by atoms with Gasteiger partial charge in [0.2, 0.25) is 10.0 Å². The quantitative estimate of drug-likeness (QED) is 0.799. The maximum Gasteiger partial charge on any atom is 0.240 e. The molecule has 18 heavy (non-hydrogen) atoms. The Kier molecular flexibility index (Phi) is 5.50. The molecule has 0 aliphatic heterocycles. The van der Waals surface area contributed by atoms with Crippen molar-refractivity contribution in [2.45, 2.75) is 18.7 Å². The highest BCUT2D eigenvalue weighted by Gasteiger charge is 2.21. The summed E-state index contributed by atoms with van der Waals surface area (Å²) in [4.78, 5) is 0.171. The number of rotatable bonds is 5. The van der Waals surface area contributed by atoms with Gasteiger partial charge in [-0.3, -0.25) is 0 Å². The fraction of sp³-hybridized carbons (Fsp3) is 0.455. The van der Waals surface area contributed by atoms with Crippen molar-refractivity contribution in [3.8, 4) is 0 Å². The third kappa shape index (κ3) is 4.38. The van der Waals surface area contributed by atoms with Gasteiger partial charge in [-0.25, -0.2) is 13.1 Å². The Hall–Kier alpha value is 0.190. The molecule has 0 radical (unpaired) electrons. The van der Waals surface area contributed by atoms with Crippen molar-refractivity contribution in [2.24, 2.45) is 5.41 Å². The van der Waals surface area contributed by atoms with Crippen molar-refractivity contribution in [3.63, 3.8) is 0 Å². The molecule has 1 rings (SSSR count). The van der Waals surface area contributed by atoms with E-state index in [1.807, 2.05) is 13.8 Å². The van der Waals surface area contributed by atoms with Crippen molar-refractivity contribution in [1.29, 1.82) is 0 Å². The average molecular weight is 375 g/mol. The normalized spacial score (nSPS) is 12.7. The van der Waals surface area contributed by atoms with Crippen LogP contribution >= 0.6 is 39.1 Å². The number of halogens is 3. The van der Waals surface area contributed by atoms with E-state index in [0.29, 0.717) is 15.4 Å². The third-order valence-corrected chi connectivity index (χ3v) is 5.64. The van der Waals surface area contributed by atoms with Crippen LogP contribution in [-0.4, -0.2) is 20.8 Å². The summed E-state index contributed by atoms with van der Waals surface area (Å²) in [6, 6.07) is 4.47. The molecular weight excluding hydrogens is 361 g/mol. The Morgan fingerprint density at radius 1 is 1.39 bits per heavy atom. The van der Waals surface area contributed by atoms with Crippen LogP contribution in [0.15, 0.2) is 27.6 Å². The molecule has 0 aliphatic rings.